The molecule has 0 unspecified atom stereocenters. The summed E-state index contributed by atoms with van der Waals surface area (Å²) in [5.74, 6) is 0.636. The molecular formula is C17H19N3O3S2. The first-order valence-electron chi connectivity index (χ1n) is 7.80. The van der Waals surface area contributed by atoms with E-state index in [2.05, 4.69) is 28.5 Å². The SMILES string of the molecule is COCCNc1nnc(SCc2cc(=O)oc3cc(C)c(C)cc23)s1. The molecule has 0 fully saturated rings. The Kier molecular flexibility index (Phi) is 5.72. The second kappa shape index (κ2) is 7.99. The zero-order valence-electron chi connectivity index (χ0n) is 14.3. The monoisotopic (exact) mass is 377 g/mol. The maximum Gasteiger partial charge on any atom is 0.336 e. The second-order valence-electron chi connectivity index (χ2n) is 5.60. The number of aryl methyl sites for hydroxylation is 2. The van der Waals surface area contributed by atoms with Crippen LogP contribution in [0.3, 0.4) is 0 Å². The molecule has 3 aromatic rings. The van der Waals surface area contributed by atoms with E-state index < -0.39 is 0 Å². The number of hydrogen-bond donors (Lipinski definition) is 1. The van der Waals surface area contributed by atoms with Crippen LogP contribution in [0.4, 0.5) is 5.13 Å². The fourth-order valence-corrected chi connectivity index (χ4v) is 4.11. The Labute approximate surface area is 153 Å². The van der Waals surface area contributed by atoms with Gasteiger partial charge in [0.2, 0.25) is 5.13 Å². The van der Waals surface area contributed by atoms with Crippen LogP contribution < -0.4 is 10.9 Å². The standard InChI is InChI=1S/C17H19N3O3S2/c1-10-6-13-12(8-15(21)23-14(13)7-11(10)2)9-24-17-20-19-16(25-17)18-4-5-22-3/h6-8H,4-5,9H2,1-3H3,(H,18,19). The van der Waals surface area contributed by atoms with Crippen molar-refractivity contribution in [2.75, 3.05) is 25.6 Å². The van der Waals surface area contributed by atoms with Gasteiger partial charge in [0.1, 0.15) is 5.58 Å². The maximum atomic E-state index is 11.8. The third-order valence-electron chi connectivity index (χ3n) is 3.78. The molecule has 3 rings (SSSR count). The number of fused-ring (bicyclic) bond motifs is 1. The van der Waals surface area contributed by atoms with Crippen LogP contribution in [0.5, 0.6) is 0 Å². The van der Waals surface area contributed by atoms with Gasteiger partial charge in [0, 0.05) is 30.9 Å². The summed E-state index contributed by atoms with van der Waals surface area (Å²) in [4.78, 5) is 11.8. The first-order valence-corrected chi connectivity index (χ1v) is 9.60. The van der Waals surface area contributed by atoms with Crippen molar-refractivity contribution in [3.63, 3.8) is 0 Å². The molecule has 0 aliphatic rings. The third kappa shape index (κ3) is 4.39. The van der Waals surface area contributed by atoms with Crippen LogP contribution in [-0.2, 0) is 10.5 Å². The molecule has 8 heteroatoms. The van der Waals surface area contributed by atoms with Gasteiger partial charge in [-0.05, 0) is 42.7 Å². The van der Waals surface area contributed by atoms with E-state index in [4.69, 9.17) is 9.15 Å². The molecule has 0 atom stereocenters. The summed E-state index contributed by atoms with van der Waals surface area (Å²) < 4.78 is 11.2. The third-order valence-corrected chi connectivity index (χ3v) is 5.85. The van der Waals surface area contributed by atoms with Crippen molar-refractivity contribution in [2.24, 2.45) is 0 Å². The largest absolute Gasteiger partial charge is 0.423 e. The fourth-order valence-electron chi connectivity index (χ4n) is 2.34. The van der Waals surface area contributed by atoms with Crippen molar-refractivity contribution in [2.45, 2.75) is 23.9 Å². The number of nitrogens with zero attached hydrogens (tertiary/aromatic N) is 2. The van der Waals surface area contributed by atoms with Gasteiger partial charge in [0.25, 0.3) is 0 Å². The van der Waals surface area contributed by atoms with Gasteiger partial charge in [-0.25, -0.2) is 4.79 Å². The zero-order chi connectivity index (χ0) is 17.8. The molecule has 0 aliphatic heterocycles. The van der Waals surface area contributed by atoms with Crippen LogP contribution in [0.2, 0.25) is 0 Å². The van der Waals surface area contributed by atoms with Gasteiger partial charge in [-0.1, -0.05) is 23.1 Å². The second-order valence-corrected chi connectivity index (χ2v) is 7.80. The highest BCUT2D eigenvalue weighted by Crippen LogP contribution is 2.31. The van der Waals surface area contributed by atoms with Gasteiger partial charge < -0.3 is 14.5 Å². The van der Waals surface area contributed by atoms with E-state index in [0.717, 1.165) is 26.0 Å². The highest BCUT2D eigenvalue weighted by atomic mass is 32.2. The van der Waals surface area contributed by atoms with E-state index >= 15 is 0 Å². The summed E-state index contributed by atoms with van der Waals surface area (Å²) >= 11 is 3.05. The van der Waals surface area contributed by atoms with Crippen LogP contribution in [0.25, 0.3) is 11.0 Å². The summed E-state index contributed by atoms with van der Waals surface area (Å²) in [5, 5.41) is 13.2. The molecule has 25 heavy (non-hydrogen) atoms. The Morgan fingerprint density at radius 2 is 2.04 bits per heavy atom. The van der Waals surface area contributed by atoms with E-state index in [9.17, 15) is 4.79 Å². The maximum absolute atomic E-state index is 11.8. The minimum Gasteiger partial charge on any atom is -0.423 e. The quantitative estimate of drug-likeness (QED) is 0.383. The fraction of sp³-hybridized carbons (Fsp3) is 0.353. The van der Waals surface area contributed by atoms with Crippen molar-refractivity contribution in [1.82, 2.24) is 10.2 Å². The Bertz CT molecular complexity index is 937. The molecule has 132 valence electrons. The molecule has 0 saturated carbocycles. The normalized spacial score (nSPS) is 11.2. The van der Waals surface area contributed by atoms with Crippen LogP contribution in [0, 0.1) is 13.8 Å². The van der Waals surface area contributed by atoms with Gasteiger partial charge in [-0.3, -0.25) is 0 Å². The Morgan fingerprint density at radius 3 is 2.84 bits per heavy atom. The molecule has 0 aliphatic carbocycles. The number of nitrogens with one attached hydrogen (secondary N) is 1. The average molecular weight is 377 g/mol. The number of methoxy groups -OCH3 is 1. The predicted molar refractivity (Wildman–Crippen MR) is 102 cm³/mol. The lowest BCUT2D eigenvalue weighted by Gasteiger charge is -2.07. The van der Waals surface area contributed by atoms with Gasteiger partial charge in [-0.15, -0.1) is 10.2 Å². The molecule has 1 N–H and O–H groups in total. The van der Waals surface area contributed by atoms with Crippen molar-refractivity contribution in [3.8, 4) is 0 Å². The molecule has 0 amide bonds. The van der Waals surface area contributed by atoms with E-state index in [-0.39, 0.29) is 5.63 Å². The summed E-state index contributed by atoms with van der Waals surface area (Å²) in [6, 6.07) is 5.55. The summed E-state index contributed by atoms with van der Waals surface area (Å²) in [6.45, 7) is 5.38. The van der Waals surface area contributed by atoms with Crippen LogP contribution in [-0.4, -0.2) is 30.5 Å². The Hall–Kier alpha value is -1.90. The Morgan fingerprint density at radius 1 is 1.24 bits per heavy atom. The summed E-state index contributed by atoms with van der Waals surface area (Å²) in [7, 11) is 1.66. The minimum atomic E-state index is -0.328. The highest BCUT2D eigenvalue weighted by Gasteiger charge is 2.10. The molecule has 6 nitrogen and oxygen atoms in total. The number of benzene rings is 1. The molecule has 0 radical (unpaired) electrons. The van der Waals surface area contributed by atoms with Crippen molar-refractivity contribution >= 4 is 39.2 Å². The molecule has 0 spiro atoms. The van der Waals surface area contributed by atoms with Gasteiger partial charge in [0.05, 0.1) is 6.61 Å². The van der Waals surface area contributed by atoms with E-state index in [0.29, 0.717) is 24.5 Å². The van der Waals surface area contributed by atoms with E-state index in [1.807, 2.05) is 13.0 Å². The molecule has 0 saturated heterocycles. The van der Waals surface area contributed by atoms with Crippen molar-refractivity contribution < 1.29 is 9.15 Å². The van der Waals surface area contributed by atoms with Gasteiger partial charge >= 0.3 is 5.63 Å². The first-order chi connectivity index (χ1) is 12.1. The number of ether oxygens (including phenoxy) is 1. The summed E-state index contributed by atoms with van der Waals surface area (Å²) in [6.07, 6.45) is 0. The molecular weight excluding hydrogens is 358 g/mol. The lowest BCUT2D eigenvalue weighted by Crippen LogP contribution is -2.06. The van der Waals surface area contributed by atoms with E-state index in [1.165, 1.54) is 16.9 Å². The number of thioether (sulfide) groups is 1. The number of anilines is 1. The smallest absolute Gasteiger partial charge is 0.336 e. The van der Waals surface area contributed by atoms with Crippen molar-refractivity contribution in [3.05, 3.63) is 45.3 Å². The van der Waals surface area contributed by atoms with Gasteiger partial charge in [-0.2, -0.15) is 0 Å². The molecule has 2 aromatic heterocycles. The van der Waals surface area contributed by atoms with Crippen LogP contribution >= 0.6 is 23.1 Å². The average Bonchev–Trinajstić information content (AvgIpc) is 3.02. The number of hydrogen-bond acceptors (Lipinski definition) is 8. The lowest BCUT2D eigenvalue weighted by molar-refractivity contribution is 0.211. The van der Waals surface area contributed by atoms with Crippen molar-refractivity contribution in [1.29, 1.82) is 0 Å². The topological polar surface area (TPSA) is 77.2 Å². The lowest BCUT2D eigenvalue weighted by atomic mass is 10.0. The number of rotatable bonds is 7. The van der Waals surface area contributed by atoms with E-state index in [1.54, 1.807) is 24.9 Å². The zero-order valence-corrected chi connectivity index (χ0v) is 15.9. The Balaban J connectivity index is 1.77. The predicted octanol–water partition coefficient (Wildman–Crippen LogP) is 3.61. The van der Waals surface area contributed by atoms with Crippen LogP contribution in [0.1, 0.15) is 16.7 Å². The highest BCUT2D eigenvalue weighted by molar-refractivity contribution is 8.00. The first kappa shape index (κ1) is 17.9. The molecule has 2 heterocycles. The molecule has 1 aromatic carbocycles. The van der Waals surface area contributed by atoms with Crippen LogP contribution in [0.15, 0.2) is 31.8 Å². The summed E-state index contributed by atoms with van der Waals surface area (Å²) in [5.41, 5.74) is 3.53. The minimum absolute atomic E-state index is 0.328. The molecule has 0 bridgehead atoms. The van der Waals surface area contributed by atoms with Gasteiger partial charge in [0.15, 0.2) is 4.34 Å². The number of aromatic nitrogens is 2.